The van der Waals surface area contributed by atoms with Gasteiger partial charge in [0.2, 0.25) is 0 Å². The molecule has 1 aliphatic rings. The van der Waals surface area contributed by atoms with E-state index in [0.29, 0.717) is 10.0 Å². The molecule has 1 saturated heterocycles. The molecule has 5 N–H and O–H groups in total. The molecule has 2 atom stereocenters. The van der Waals surface area contributed by atoms with Crippen LogP contribution in [0.2, 0.25) is 0 Å². The smallest absolute Gasteiger partial charge is 0.419 e. The van der Waals surface area contributed by atoms with Gasteiger partial charge in [-0.25, -0.2) is 9.57 Å². The van der Waals surface area contributed by atoms with Gasteiger partial charge in [0.15, 0.2) is 0 Å². The molecule has 2 aromatic carbocycles. The summed E-state index contributed by atoms with van der Waals surface area (Å²) in [6, 6.07) is 8.38. The molecule has 0 spiro atoms. The van der Waals surface area contributed by atoms with E-state index in [2.05, 4.69) is 16.2 Å². The second-order valence-corrected chi connectivity index (χ2v) is 12.8. The quantitative estimate of drug-likeness (QED) is 0.167. The number of carbonyl (C=O) groups excluding carboxylic acids is 2. The van der Waals surface area contributed by atoms with Crippen molar-refractivity contribution < 1.29 is 47.2 Å². The van der Waals surface area contributed by atoms with Crippen LogP contribution in [-0.2, 0) is 32.0 Å². The first-order chi connectivity index (χ1) is 19.7. The minimum absolute atomic E-state index is 0.126. The van der Waals surface area contributed by atoms with Gasteiger partial charge in [-0.1, -0.05) is 0 Å². The van der Waals surface area contributed by atoms with Gasteiger partial charge in [-0.15, -0.1) is 0 Å². The molecule has 232 valence electrons. The number of rotatable bonds is 12. The van der Waals surface area contributed by atoms with E-state index in [4.69, 9.17) is 23.3 Å². The van der Waals surface area contributed by atoms with E-state index >= 15 is 0 Å². The average Bonchev–Trinajstić information content (AvgIpc) is 3.00. The van der Waals surface area contributed by atoms with Crippen molar-refractivity contribution in [1.29, 1.82) is 0 Å². The molecule has 0 saturated carbocycles. The monoisotopic (exact) mass is 633 g/mol. The molecule has 3 rings (SSSR count). The van der Waals surface area contributed by atoms with Crippen LogP contribution in [-0.4, -0.2) is 67.0 Å². The zero-order valence-corrected chi connectivity index (χ0v) is 24.6. The summed E-state index contributed by atoms with van der Waals surface area (Å²) >= 11 is 0. The Morgan fingerprint density at radius 1 is 0.929 bits per heavy atom. The third-order valence-corrected chi connectivity index (χ3v) is 9.87. The SMILES string of the molecule is COP(=O)(OC)C(=O)N1N(c2ccc(N([O-])O)cc2)C(=O)C(C)NC1(NNc1ccc(N([O-])O)cc1)P(=O)(OC)OC. The van der Waals surface area contributed by atoms with Crippen LogP contribution in [0.25, 0.3) is 0 Å². The summed E-state index contributed by atoms with van der Waals surface area (Å²) < 4.78 is 48.1. The Bertz CT molecular complexity index is 1350. The lowest BCUT2D eigenvalue weighted by Gasteiger charge is -2.54. The zero-order chi connectivity index (χ0) is 31.5. The summed E-state index contributed by atoms with van der Waals surface area (Å²) in [5, 5.41) is 43.9. The second kappa shape index (κ2) is 13.0. The van der Waals surface area contributed by atoms with Crippen molar-refractivity contribution in [1.82, 2.24) is 15.8 Å². The van der Waals surface area contributed by atoms with Gasteiger partial charge in [0.05, 0.1) is 23.1 Å². The molecule has 1 aliphatic heterocycles. The Kier molecular flexibility index (Phi) is 10.3. The molecule has 1 fully saturated rings. The maximum atomic E-state index is 14.3. The summed E-state index contributed by atoms with van der Waals surface area (Å²) in [4.78, 5) is 27.7. The summed E-state index contributed by atoms with van der Waals surface area (Å²) in [7, 11) is -5.66. The maximum Gasteiger partial charge on any atom is 0.419 e. The summed E-state index contributed by atoms with van der Waals surface area (Å²) in [6.45, 7) is 1.36. The van der Waals surface area contributed by atoms with E-state index in [1.165, 1.54) is 43.3 Å². The number of benzene rings is 2. The van der Waals surface area contributed by atoms with Crippen LogP contribution in [0.1, 0.15) is 6.92 Å². The van der Waals surface area contributed by atoms with Gasteiger partial charge < -0.3 is 44.4 Å². The van der Waals surface area contributed by atoms with E-state index in [-0.39, 0.29) is 28.0 Å². The van der Waals surface area contributed by atoms with E-state index < -0.39 is 43.5 Å². The van der Waals surface area contributed by atoms with Crippen molar-refractivity contribution in [3.8, 4) is 0 Å². The molecule has 2 amide bonds. The van der Waals surface area contributed by atoms with Crippen molar-refractivity contribution >= 4 is 49.5 Å². The van der Waals surface area contributed by atoms with Gasteiger partial charge in [0, 0.05) is 34.1 Å². The first-order valence-corrected chi connectivity index (χ1v) is 14.8. The fourth-order valence-electron chi connectivity index (χ4n) is 3.91. The number of amides is 2. The van der Waals surface area contributed by atoms with Gasteiger partial charge in [0.1, 0.15) is 0 Å². The molecule has 19 nitrogen and oxygen atoms in total. The molecule has 21 heteroatoms. The lowest BCUT2D eigenvalue weighted by atomic mass is 10.2. The lowest BCUT2D eigenvalue weighted by molar-refractivity contribution is -0.129. The highest BCUT2D eigenvalue weighted by molar-refractivity contribution is 7.71. The third-order valence-electron chi connectivity index (χ3n) is 6.06. The van der Waals surface area contributed by atoms with Gasteiger partial charge in [-0.2, -0.15) is 10.4 Å². The highest BCUT2D eigenvalue weighted by Crippen LogP contribution is 2.62. The van der Waals surface area contributed by atoms with Crippen LogP contribution in [0.4, 0.5) is 27.5 Å². The molecule has 0 aromatic heterocycles. The van der Waals surface area contributed by atoms with Gasteiger partial charge in [0.25, 0.3) is 11.4 Å². The molecule has 2 aromatic rings. The first-order valence-electron chi connectivity index (χ1n) is 11.7. The van der Waals surface area contributed by atoms with Crippen LogP contribution in [0.3, 0.4) is 0 Å². The van der Waals surface area contributed by atoms with Crippen LogP contribution >= 0.6 is 15.2 Å². The Morgan fingerprint density at radius 3 is 1.83 bits per heavy atom. The van der Waals surface area contributed by atoms with Crippen LogP contribution in [0.5, 0.6) is 0 Å². The number of nitrogens with zero attached hydrogens (tertiary/aromatic N) is 4. The van der Waals surface area contributed by atoms with E-state index in [1.807, 2.05) is 0 Å². The predicted octanol–water partition coefficient (Wildman–Crippen LogP) is 2.93. The molecule has 0 bridgehead atoms. The summed E-state index contributed by atoms with van der Waals surface area (Å²) in [5.74, 6) is -0.850. The average molecular weight is 633 g/mol. The van der Waals surface area contributed by atoms with Crippen LogP contribution in [0.15, 0.2) is 48.5 Å². The molecule has 42 heavy (non-hydrogen) atoms. The largest absolute Gasteiger partial charge is 0.733 e. The number of carbonyl (C=O) groups is 2. The molecular formula is C21H29N7O12P2-2. The van der Waals surface area contributed by atoms with Crippen molar-refractivity contribution in [3.05, 3.63) is 58.9 Å². The van der Waals surface area contributed by atoms with Crippen molar-refractivity contribution in [2.45, 2.75) is 18.5 Å². The normalized spacial score (nSPS) is 19.5. The molecule has 1 heterocycles. The van der Waals surface area contributed by atoms with E-state index in [9.17, 15) is 34.3 Å². The minimum atomic E-state index is -4.77. The third kappa shape index (κ3) is 6.00. The van der Waals surface area contributed by atoms with E-state index in [1.54, 1.807) is 0 Å². The Labute approximate surface area is 239 Å². The van der Waals surface area contributed by atoms with Crippen molar-refractivity contribution in [3.63, 3.8) is 0 Å². The summed E-state index contributed by atoms with van der Waals surface area (Å²) in [6.07, 6.45) is 0. The number of hydrazine groups is 2. The molecule has 0 radical (unpaired) electrons. The molecular weight excluding hydrogens is 604 g/mol. The summed E-state index contributed by atoms with van der Waals surface area (Å²) in [5.41, 5.74) is 0.861. The number of nitrogens with one attached hydrogen (secondary N) is 3. The Balaban J connectivity index is 2.30. The standard InChI is InChI=1S/C21H29N7O12P2/c1-14-19(29)25(16-10-12-18(13-11-16)28(33)34)26(20(30)41(35,37-2)38-3)21(22-14,42(36,39-4)40-5)24-23-15-6-8-17(9-7-15)27(31)32/h6-14,22-24,31,33H,1-5H3/q-2. The lowest BCUT2D eigenvalue weighted by Crippen LogP contribution is -2.81. The fraction of sp³-hybridized carbons (Fsp3) is 0.333. The van der Waals surface area contributed by atoms with Crippen LogP contribution < -0.4 is 31.6 Å². The Hall–Kier alpha value is -3.16. The number of hydrogen-bond donors (Lipinski definition) is 5. The van der Waals surface area contributed by atoms with Gasteiger partial charge in [-0.3, -0.25) is 29.9 Å². The Morgan fingerprint density at radius 2 is 1.40 bits per heavy atom. The number of hydrogen-bond acceptors (Lipinski definition) is 17. The second-order valence-electron chi connectivity index (χ2n) is 8.37. The minimum Gasteiger partial charge on any atom is -0.733 e. The fourth-order valence-corrected chi connectivity index (χ4v) is 6.56. The van der Waals surface area contributed by atoms with Crippen molar-refractivity contribution in [2.75, 3.05) is 49.3 Å². The van der Waals surface area contributed by atoms with Gasteiger partial charge >= 0.3 is 20.8 Å². The molecule has 2 unspecified atom stereocenters. The highest BCUT2D eigenvalue weighted by Gasteiger charge is 2.66. The van der Waals surface area contributed by atoms with Crippen molar-refractivity contribution in [2.24, 2.45) is 0 Å². The predicted molar refractivity (Wildman–Crippen MR) is 148 cm³/mol. The topological polar surface area (TPSA) is 241 Å². The first kappa shape index (κ1) is 33.3. The van der Waals surface area contributed by atoms with E-state index in [0.717, 1.165) is 40.6 Å². The molecule has 0 aliphatic carbocycles. The zero-order valence-electron chi connectivity index (χ0n) is 22.9. The maximum absolute atomic E-state index is 14.3. The number of anilines is 4. The van der Waals surface area contributed by atoms with Gasteiger partial charge in [-0.05, 0) is 55.5 Å². The highest BCUT2D eigenvalue weighted by atomic mass is 31.2. The van der Waals surface area contributed by atoms with Crippen LogP contribution in [0, 0.1) is 10.4 Å².